The molecule has 0 amide bonds. The lowest BCUT2D eigenvalue weighted by molar-refractivity contribution is 0.659. The van der Waals surface area contributed by atoms with E-state index in [1.165, 1.54) is 38.2 Å². The van der Waals surface area contributed by atoms with Gasteiger partial charge in [-0.25, -0.2) is 4.98 Å². The van der Waals surface area contributed by atoms with Gasteiger partial charge in [-0.1, -0.05) is 105 Å². The van der Waals surface area contributed by atoms with E-state index in [9.17, 15) is 0 Å². The third-order valence-electron chi connectivity index (χ3n) is 9.41. The molecule has 0 saturated heterocycles. The van der Waals surface area contributed by atoms with Crippen LogP contribution in [0.15, 0.2) is 140 Å². The molecule has 0 unspecified atom stereocenters. The minimum absolute atomic E-state index is 0.0872. The van der Waals surface area contributed by atoms with Gasteiger partial charge in [-0.05, 0) is 69.9 Å². The molecule has 0 saturated carbocycles. The van der Waals surface area contributed by atoms with Gasteiger partial charge in [-0.15, -0.1) is 0 Å². The van der Waals surface area contributed by atoms with Crippen LogP contribution in [0.1, 0.15) is 25.0 Å². The first-order valence-corrected chi connectivity index (χ1v) is 15.2. The highest BCUT2D eigenvalue weighted by atomic mass is 15.1. The Morgan fingerprint density at radius 2 is 1.30 bits per heavy atom. The number of hydrogen-bond donors (Lipinski definition) is 0. The van der Waals surface area contributed by atoms with Crippen LogP contribution in [-0.4, -0.2) is 14.5 Å². The second-order valence-electron chi connectivity index (χ2n) is 12.3. The van der Waals surface area contributed by atoms with E-state index in [0.717, 1.165) is 44.9 Å². The molecule has 0 spiro atoms. The summed E-state index contributed by atoms with van der Waals surface area (Å²) in [4.78, 5) is 10.2. The van der Waals surface area contributed by atoms with Crippen LogP contribution in [0.4, 0.5) is 0 Å². The molecule has 208 valence electrons. The minimum Gasteiger partial charge on any atom is -0.294 e. The van der Waals surface area contributed by atoms with Crippen molar-refractivity contribution >= 4 is 32.6 Å². The molecule has 3 heteroatoms. The predicted molar refractivity (Wildman–Crippen MR) is 182 cm³/mol. The lowest BCUT2D eigenvalue weighted by Gasteiger charge is -2.21. The number of fused-ring (bicyclic) bond motifs is 7. The molecule has 0 N–H and O–H groups in total. The Balaban J connectivity index is 1.16. The molecule has 0 atom stereocenters. The summed E-state index contributed by atoms with van der Waals surface area (Å²) in [5.74, 6) is 0.910. The predicted octanol–water partition coefficient (Wildman–Crippen LogP) is 10.4. The lowest BCUT2D eigenvalue weighted by Crippen LogP contribution is -2.15. The maximum Gasteiger partial charge on any atom is 0.138 e. The Morgan fingerprint density at radius 1 is 0.545 bits per heavy atom. The van der Waals surface area contributed by atoms with Gasteiger partial charge in [0.05, 0.1) is 22.4 Å². The van der Waals surface area contributed by atoms with E-state index in [4.69, 9.17) is 9.97 Å². The fourth-order valence-electron chi connectivity index (χ4n) is 7.16. The van der Waals surface area contributed by atoms with Crippen molar-refractivity contribution in [2.45, 2.75) is 19.3 Å². The number of benzene rings is 5. The van der Waals surface area contributed by atoms with Crippen LogP contribution < -0.4 is 0 Å². The molecule has 0 radical (unpaired) electrons. The van der Waals surface area contributed by atoms with Crippen molar-refractivity contribution in [1.82, 2.24) is 14.5 Å². The molecule has 3 heterocycles. The summed E-state index contributed by atoms with van der Waals surface area (Å²) in [7, 11) is 0. The number of hydrogen-bond acceptors (Lipinski definition) is 2. The van der Waals surface area contributed by atoms with Crippen molar-refractivity contribution in [3.63, 3.8) is 0 Å². The van der Waals surface area contributed by atoms with Gasteiger partial charge in [0.15, 0.2) is 0 Å². The normalized spacial score (nSPS) is 13.4. The standard InChI is InChI=1S/C41H29N3/c1-41(2)34-17-7-5-16-32(34)40-35(41)23-30(25-42-40)26-13-9-14-29(21-26)36-18-10-20-39(43-36)44-37-19-8-6-15-31(37)33-22-27-11-3-4-12-28(27)24-38(33)44/h3-25H,1-2H3. The van der Waals surface area contributed by atoms with Crippen LogP contribution in [0.5, 0.6) is 0 Å². The molecule has 1 aliphatic carbocycles. The van der Waals surface area contributed by atoms with Gasteiger partial charge in [-0.2, -0.15) is 0 Å². The third-order valence-corrected chi connectivity index (χ3v) is 9.41. The number of aromatic nitrogens is 3. The molecular formula is C41H29N3. The largest absolute Gasteiger partial charge is 0.294 e. The molecule has 44 heavy (non-hydrogen) atoms. The Kier molecular flexibility index (Phi) is 5.24. The van der Waals surface area contributed by atoms with Crippen molar-refractivity contribution in [2.75, 3.05) is 0 Å². The Morgan fingerprint density at radius 3 is 2.20 bits per heavy atom. The Labute approximate surface area is 256 Å². The van der Waals surface area contributed by atoms with E-state index >= 15 is 0 Å². The monoisotopic (exact) mass is 563 g/mol. The number of pyridine rings is 2. The second kappa shape index (κ2) is 9.23. The zero-order valence-electron chi connectivity index (χ0n) is 24.6. The quantitative estimate of drug-likeness (QED) is 0.214. The fourth-order valence-corrected chi connectivity index (χ4v) is 7.16. The smallest absolute Gasteiger partial charge is 0.138 e. The van der Waals surface area contributed by atoms with Crippen LogP contribution in [0.2, 0.25) is 0 Å². The minimum atomic E-state index is -0.0872. The molecular weight excluding hydrogens is 534 g/mol. The average Bonchev–Trinajstić information content (AvgIpc) is 3.51. The number of para-hydroxylation sites is 1. The lowest BCUT2D eigenvalue weighted by atomic mass is 9.82. The first-order chi connectivity index (χ1) is 21.6. The van der Waals surface area contributed by atoms with Gasteiger partial charge in [-0.3, -0.25) is 9.55 Å². The van der Waals surface area contributed by atoms with Crippen LogP contribution in [0, 0.1) is 0 Å². The van der Waals surface area contributed by atoms with Crippen molar-refractivity contribution in [3.05, 3.63) is 151 Å². The molecule has 5 aromatic carbocycles. The average molecular weight is 564 g/mol. The SMILES string of the molecule is CC1(C)c2ccccc2-c2ncc(-c3cccc(-c4cccc(-n5c6ccccc6c6cc7ccccc7cc65)n4)c3)cc21. The number of rotatable bonds is 3. The zero-order valence-corrected chi connectivity index (χ0v) is 24.6. The highest BCUT2D eigenvalue weighted by molar-refractivity contribution is 6.13. The van der Waals surface area contributed by atoms with Crippen LogP contribution in [0.25, 0.3) is 72.0 Å². The van der Waals surface area contributed by atoms with E-state index < -0.39 is 0 Å². The van der Waals surface area contributed by atoms with Gasteiger partial charge in [0.2, 0.25) is 0 Å². The van der Waals surface area contributed by atoms with Gasteiger partial charge < -0.3 is 0 Å². The van der Waals surface area contributed by atoms with Crippen LogP contribution in [0.3, 0.4) is 0 Å². The van der Waals surface area contributed by atoms with Crippen molar-refractivity contribution in [1.29, 1.82) is 0 Å². The summed E-state index contributed by atoms with van der Waals surface area (Å²) < 4.78 is 2.30. The maximum absolute atomic E-state index is 5.26. The topological polar surface area (TPSA) is 30.7 Å². The van der Waals surface area contributed by atoms with Crippen molar-refractivity contribution in [3.8, 4) is 39.5 Å². The van der Waals surface area contributed by atoms with E-state index in [-0.39, 0.29) is 5.41 Å². The molecule has 9 rings (SSSR count). The second-order valence-corrected chi connectivity index (χ2v) is 12.3. The summed E-state index contributed by atoms with van der Waals surface area (Å²) >= 11 is 0. The molecule has 0 bridgehead atoms. The molecule has 8 aromatic rings. The molecule has 3 nitrogen and oxygen atoms in total. The zero-order chi connectivity index (χ0) is 29.4. The fraction of sp³-hybridized carbons (Fsp3) is 0.0732. The van der Waals surface area contributed by atoms with Gasteiger partial charge in [0.1, 0.15) is 5.82 Å². The van der Waals surface area contributed by atoms with Crippen LogP contribution in [-0.2, 0) is 5.41 Å². The molecule has 0 fully saturated rings. The summed E-state index contributed by atoms with van der Waals surface area (Å²) in [6.07, 6.45) is 2.02. The summed E-state index contributed by atoms with van der Waals surface area (Å²) in [5.41, 5.74) is 11.5. The Bertz CT molecular complexity index is 2430. The first kappa shape index (κ1) is 25.0. The van der Waals surface area contributed by atoms with E-state index in [1.54, 1.807) is 0 Å². The third kappa shape index (κ3) is 3.62. The molecule has 3 aromatic heterocycles. The van der Waals surface area contributed by atoms with E-state index in [0.29, 0.717) is 0 Å². The first-order valence-electron chi connectivity index (χ1n) is 15.2. The van der Waals surface area contributed by atoms with E-state index in [1.807, 2.05) is 6.20 Å². The summed E-state index contributed by atoms with van der Waals surface area (Å²) in [6, 6.07) is 47.8. The Hall–Kier alpha value is -5.54. The van der Waals surface area contributed by atoms with Gasteiger partial charge in [0.25, 0.3) is 0 Å². The number of nitrogens with zero attached hydrogens (tertiary/aromatic N) is 3. The van der Waals surface area contributed by atoms with E-state index in [2.05, 4.69) is 152 Å². The van der Waals surface area contributed by atoms with Crippen molar-refractivity contribution < 1.29 is 0 Å². The highest BCUT2D eigenvalue weighted by Gasteiger charge is 2.36. The highest BCUT2D eigenvalue weighted by Crippen LogP contribution is 2.48. The van der Waals surface area contributed by atoms with Gasteiger partial charge >= 0.3 is 0 Å². The molecule has 0 aliphatic heterocycles. The summed E-state index contributed by atoms with van der Waals surface area (Å²) in [6.45, 7) is 4.60. The summed E-state index contributed by atoms with van der Waals surface area (Å²) in [5, 5.41) is 4.94. The van der Waals surface area contributed by atoms with Gasteiger partial charge in [0, 0.05) is 39.1 Å². The van der Waals surface area contributed by atoms with Crippen LogP contribution >= 0.6 is 0 Å². The maximum atomic E-state index is 5.26. The molecule has 1 aliphatic rings. The van der Waals surface area contributed by atoms with Crippen molar-refractivity contribution in [2.24, 2.45) is 0 Å².